The van der Waals surface area contributed by atoms with Crippen LogP contribution in [0.4, 0.5) is 5.13 Å². The molecule has 0 aliphatic rings. The highest BCUT2D eigenvalue weighted by Gasteiger charge is 2.08. The van der Waals surface area contributed by atoms with E-state index < -0.39 is 0 Å². The molecule has 110 valence electrons. The van der Waals surface area contributed by atoms with E-state index in [1.54, 1.807) is 11.3 Å². The average molecular weight is 300 g/mol. The molecule has 0 spiro atoms. The number of anilines is 1. The smallest absolute Gasteiger partial charge is 0.185 e. The Balaban J connectivity index is 2.00. The molecule has 0 radical (unpaired) electrons. The van der Waals surface area contributed by atoms with Crippen LogP contribution in [-0.4, -0.2) is 18.1 Å². The first-order valence-electron chi connectivity index (χ1n) is 6.96. The molecular formula is C16H20N4S. The van der Waals surface area contributed by atoms with Crippen LogP contribution in [-0.2, 0) is 13.1 Å². The topological polar surface area (TPSA) is 52.0 Å². The second kappa shape index (κ2) is 7.21. The summed E-state index contributed by atoms with van der Waals surface area (Å²) < 4.78 is 0. The van der Waals surface area contributed by atoms with Crippen molar-refractivity contribution in [3.63, 3.8) is 0 Å². The van der Waals surface area contributed by atoms with Crippen molar-refractivity contribution in [1.29, 1.82) is 5.26 Å². The molecule has 4 nitrogen and oxygen atoms in total. The fourth-order valence-electron chi connectivity index (χ4n) is 1.94. The Bertz CT molecular complexity index is 627. The lowest BCUT2D eigenvalue weighted by atomic mass is 10.1. The Morgan fingerprint density at radius 1 is 1.43 bits per heavy atom. The number of aromatic nitrogens is 1. The van der Waals surface area contributed by atoms with Crippen molar-refractivity contribution in [3.8, 4) is 6.07 Å². The summed E-state index contributed by atoms with van der Waals surface area (Å²) in [5, 5.41) is 15.4. The molecule has 0 aliphatic heterocycles. The van der Waals surface area contributed by atoms with E-state index in [0.717, 1.165) is 29.5 Å². The first kappa shape index (κ1) is 15.5. The van der Waals surface area contributed by atoms with Crippen molar-refractivity contribution in [2.45, 2.75) is 33.0 Å². The fourth-order valence-corrected chi connectivity index (χ4v) is 2.73. The summed E-state index contributed by atoms with van der Waals surface area (Å²) in [5.74, 6) is 0. The number of nitriles is 1. The SMILES string of the molecule is CC(C)NCc1csc(N(C)Cc2cccc(C#N)c2)n1. The Hall–Kier alpha value is -1.90. The minimum atomic E-state index is 0.460. The van der Waals surface area contributed by atoms with Gasteiger partial charge in [-0.1, -0.05) is 26.0 Å². The van der Waals surface area contributed by atoms with E-state index >= 15 is 0 Å². The Morgan fingerprint density at radius 2 is 2.24 bits per heavy atom. The minimum absolute atomic E-state index is 0.460. The van der Waals surface area contributed by atoms with Crippen LogP contribution >= 0.6 is 11.3 Å². The molecule has 5 heteroatoms. The van der Waals surface area contributed by atoms with Gasteiger partial charge in [-0.2, -0.15) is 5.26 Å². The molecule has 0 saturated heterocycles. The standard InChI is InChI=1S/C16H20N4S/c1-12(2)18-9-15-11-21-16(19-15)20(3)10-14-6-4-5-13(7-14)8-17/h4-7,11-12,18H,9-10H2,1-3H3. The zero-order valence-corrected chi connectivity index (χ0v) is 13.4. The number of nitrogens with one attached hydrogen (secondary N) is 1. The van der Waals surface area contributed by atoms with Gasteiger partial charge in [0.05, 0.1) is 17.3 Å². The second-order valence-electron chi connectivity index (χ2n) is 5.33. The summed E-state index contributed by atoms with van der Waals surface area (Å²) in [6.45, 7) is 5.80. The lowest BCUT2D eigenvalue weighted by Crippen LogP contribution is -2.22. The van der Waals surface area contributed by atoms with E-state index in [0.29, 0.717) is 11.6 Å². The van der Waals surface area contributed by atoms with Crippen molar-refractivity contribution in [2.24, 2.45) is 0 Å². The Morgan fingerprint density at radius 3 is 2.95 bits per heavy atom. The number of hydrogen-bond donors (Lipinski definition) is 1. The highest BCUT2D eigenvalue weighted by atomic mass is 32.1. The van der Waals surface area contributed by atoms with Crippen LogP contribution < -0.4 is 10.2 Å². The molecule has 0 saturated carbocycles. The number of rotatable bonds is 6. The van der Waals surface area contributed by atoms with Crippen LogP contribution in [0.2, 0.25) is 0 Å². The molecule has 1 heterocycles. The van der Waals surface area contributed by atoms with E-state index in [4.69, 9.17) is 5.26 Å². The van der Waals surface area contributed by atoms with Gasteiger partial charge in [-0.3, -0.25) is 0 Å². The first-order chi connectivity index (χ1) is 10.1. The lowest BCUT2D eigenvalue weighted by Gasteiger charge is -2.15. The van der Waals surface area contributed by atoms with Crippen molar-refractivity contribution in [1.82, 2.24) is 10.3 Å². The monoisotopic (exact) mass is 300 g/mol. The third kappa shape index (κ3) is 4.55. The quantitative estimate of drug-likeness (QED) is 0.890. The van der Waals surface area contributed by atoms with E-state index in [-0.39, 0.29) is 0 Å². The summed E-state index contributed by atoms with van der Waals surface area (Å²) in [6, 6.07) is 10.3. The molecule has 21 heavy (non-hydrogen) atoms. The maximum atomic E-state index is 8.94. The van der Waals surface area contributed by atoms with Gasteiger partial charge in [-0.05, 0) is 17.7 Å². The van der Waals surface area contributed by atoms with Gasteiger partial charge in [-0.15, -0.1) is 11.3 Å². The molecule has 0 unspecified atom stereocenters. The summed E-state index contributed by atoms with van der Waals surface area (Å²) in [7, 11) is 2.03. The number of nitrogens with zero attached hydrogens (tertiary/aromatic N) is 3. The van der Waals surface area contributed by atoms with Gasteiger partial charge in [0.1, 0.15) is 0 Å². The van der Waals surface area contributed by atoms with E-state index in [1.165, 1.54) is 0 Å². The molecule has 0 bridgehead atoms. The van der Waals surface area contributed by atoms with E-state index in [9.17, 15) is 0 Å². The normalized spacial score (nSPS) is 10.6. The predicted octanol–water partition coefficient (Wildman–Crippen LogP) is 3.15. The molecule has 0 aliphatic carbocycles. The highest BCUT2D eigenvalue weighted by Crippen LogP contribution is 2.21. The Kier molecular flexibility index (Phi) is 5.32. The molecule has 1 aromatic heterocycles. The summed E-state index contributed by atoms with van der Waals surface area (Å²) in [6.07, 6.45) is 0. The fraction of sp³-hybridized carbons (Fsp3) is 0.375. The second-order valence-corrected chi connectivity index (χ2v) is 6.16. The molecule has 0 amide bonds. The van der Waals surface area contributed by atoms with Gasteiger partial charge in [-0.25, -0.2) is 4.98 Å². The minimum Gasteiger partial charge on any atom is -0.347 e. The molecule has 0 atom stereocenters. The van der Waals surface area contributed by atoms with Crippen molar-refractivity contribution in [2.75, 3.05) is 11.9 Å². The van der Waals surface area contributed by atoms with Crippen LogP contribution in [0.25, 0.3) is 0 Å². The maximum absolute atomic E-state index is 8.94. The third-order valence-corrected chi connectivity index (χ3v) is 4.04. The number of thiazole rings is 1. The van der Waals surface area contributed by atoms with Gasteiger partial charge in [0, 0.05) is 31.6 Å². The largest absolute Gasteiger partial charge is 0.347 e. The third-order valence-electron chi connectivity index (χ3n) is 3.03. The van der Waals surface area contributed by atoms with Gasteiger partial charge >= 0.3 is 0 Å². The van der Waals surface area contributed by atoms with Gasteiger partial charge in [0.25, 0.3) is 0 Å². The summed E-state index contributed by atoms with van der Waals surface area (Å²) in [4.78, 5) is 6.75. The predicted molar refractivity (Wildman–Crippen MR) is 87.4 cm³/mol. The zero-order chi connectivity index (χ0) is 15.2. The lowest BCUT2D eigenvalue weighted by molar-refractivity contribution is 0.583. The van der Waals surface area contributed by atoms with Crippen molar-refractivity contribution in [3.05, 3.63) is 46.5 Å². The Labute approximate surface area is 130 Å². The van der Waals surface area contributed by atoms with Crippen LogP contribution in [0.1, 0.15) is 30.7 Å². The highest BCUT2D eigenvalue weighted by molar-refractivity contribution is 7.13. The first-order valence-corrected chi connectivity index (χ1v) is 7.84. The molecule has 2 aromatic rings. The molecular weight excluding hydrogens is 280 g/mol. The average Bonchev–Trinajstić information content (AvgIpc) is 2.94. The molecule has 1 N–H and O–H groups in total. The molecule has 2 rings (SSSR count). The van der Waals surface area contributed by atoms with Crippen LogP contribution in [0.3, 0.4) is 0 Å². The number of hydrogen-bond acceptors (Lipinski definition) is 5. The summed E-state index contributed by atoms with van der Waals surface area (Å²) >= 11 is 1.65. The van der Waals surface area contributed by atoms with E-state index in [1.807, 2.05) is 31.3 Å². The van der Waals surface area contributed by atoms with Gasteiger partial charge in [0.15, 0.2) is 5.13 Å². The zero-order valence-electron chi connectivity index (χ0n) is 12.6. The van der Waals surface area contributed by atoms with E-state index in [2.05, 4.69) is 40.5 Å². The van der Waals surface area contributed by atoms with Crippen molar-refractivity contribution < 1.29 is 0 Å². The van der Waals surface area contributed by atoms with Crippen LogP contribution in [0.5, 0.6) is 0 Å². The van der Waals surface area contributed by atoms with Gasteiger partial charge < -0.3 is 10.2 Å². The van der Waals surface area contributed by atoms with Crippen molar-refractivity contribution >= 4 is 16.5 Å². The van der Waals surface area contributed by atoms with Crippen LogP contribution in [0.15, 0.2) is 29.6 Å². The molecule has 0 fully saturated rings. The number of benzene rings is 1. The van der Waals surface area contributed by atoms with Gasteiger partial charge in [0.2, 0.25) is 0 Å². The van der Waals surface area contributed by atoms with Crippen LogP contribution in [0, 0.1) is 11.3 Å². The maximum Gasteiger partial charge on any atom is 0.185 e. The summed E-state index contributed by atoms with van der Waals surface area (Å²) in [5.41, 5.74) is 2.89. The molecule has 1 aromatic carbocycles.